The van der Waals surface area contributed by atoms with Gasteiger partial charge in [0.05, 0.1) is 13.2 Å². The highest BCUT2D eigenvalue weighted by Crippen LogP contribution is 2.29. The first-order chi connectivity index (χ1) is 18.8. The van der Waals surface area contributed by atoms with Gasteiger partial charge in [0, 0.05) is 37.3 Å². The number of imide groups is 1. The van der Waals surface area contributed by atoms with Crippen LogP contribution in [-0.4, -0.2) is 61.9 Å². The number of carbonyl (C=O) groups is 4. The van der Waals surface area contributed by atoms with Gasteiger partial charge in [0.2, 0.25) is 18.2 Å². The number of carbonyl (C=O) groups excluding carboxylic acids is 4. The summed E-state index contributed by atoms with van der Waals surface area (Å²) in [5, 5.41) is 8.95. The second-order valence-corrected chi connectivity index (χ2v) is 9.92. The van der Waals surface area contributed by atoms with Crippen LogP contribution in [-0.2, 0) is 38.6 Å². The van der Waals surface area contributed by atoms with Crippen LogP contribution in [0.15, 0.2) is 36.4 Å². The number of nitrogens with two attached hydrogens (primary N) is 1. The molecule has 2 aromatic carbocycles. The lowest BCUT2D eigenvalue weighted by atomic mass is 9.95. The SMILES string of the molecule is CNCCOCCc1ccc(NCc2ccc3c(c2)CN(C2CCC(=O)NC2=O)C3=O)cc1C(C)C.NC=O. The van der Waals surface area contributed by atoms with Gasteiger partial charge in [0.15, 0.2) is 0 Å². The van der Waals surface area contributed by atoms with Crippen LogP contribution in [0.4, 0.5) is 5.69 Å². The van der Waals surface area contributed by atoms with Crippen molar-refractivity contribution >= 4 is 29.8 Å². The van der Waals surface area contributed by atoms with E-state index < -0.39 is 6.04 Å². The summed E-state index contributed by atoms with van der Waals surface area (Å²) >= 11 is 0. The smallest absolute Gasteiger partial charge is 0.255 e. The minimum Gasteiger partial charge on any atom is -0.381 e. The van der Waals surface area contributed by atoms with Gasteiger partial charge in [0.1, 0.15) is 6.04 Å². The summed E-state index contributed by atoms with van der Waals surface area (Å²) in [6, 6.07) is 11.7. The maximum Gasteiger partial charge on any atom is 0.255 e. The number of ether oxygens (including phenoxy) is 1. The van der Waals surface area contributed by atoms with Gasteiger partial charge in [0.25, 0.3) is 5.91 Å². The molecule has 1 fully saturated rings. The molecule has 5 N–H and O–H groups in total. The fraction of sp³-hybridized carbons (Fsp3) is 0.448. The van der Waals surface area contributed by atoms with Crippen molar-refractivity contribution in [3.63, 3.8) is 0 Å². The van der Waals surface area contributed by atoms with Crippen molar-refractivity contribution in [2.24, 2.45) is 5.73 Å². The molecule has 4 rings (SSSR count). The summed E-state index contributed by atoms with van der Waals surface area (Å²) in [5.74, 6) is -0.405. The molecule has 4 amide bonds. The Balaban J connectivity index is 0.00000134. The van der Waals surface area contributed by atoms with Crippen molar-refractivity contribution in [3.05, 3.63) is 64.2 Å². The molecule has 39 heavy (non-hydrogen) atoms. The molecule has 0 aromatic heterocycles. The molecule has 2 heterocycles. The van der Waals surface area contributed by atoms with E-state index in [4.69, 9.17) is 9.53 Å². The largest absolute Gasteiger partial charge is 0.381 e. The highest BCUT2D eigenvalue weighted by molar-refractivity contribution is 6.05. The number of rotatable bonds is 11. The number of anilines is 1. The average Bonchev–Trinajstić information content (AvgIpc) is 3.23. The molecule has 2 aliphatic rings. The summed E-state index contributed by atoms with van der Waals surface area (Å²) in [7, 11) is 1.92. The third-order valence-electron chi connectivity index (χ3n) is 6.86. The van der Waals surface area contributed by atoms with Gasteiger partial charge in [-0.1, -0.05) is 32.0 Å². The van der Waals surface area contributed by atoms with Crippen LogP contribution in [0.25, 0.3) is 0 Å². The molecule has 0 spiro atoms. The Bertz CT molecular complexity index is 1180. The highest BCUT2D eigenvalue weighted by atomic mass is 16.5. The Labute approximate surface area is 229 Å². The lowest BCUT2D eigenvalue weighted by Gasteiger charge is -2.29. The van der Waals surface area contributed by atoms with Gasteiger partial charge in [-0.3, -0.25) is 24.5 Å². The maximum atomic E-state index is 12.9. The fourth-order valence-electron chi connectivity index (χ4n) is 4.87. The van der Waals surface area contributed by atoms with Gasteiger partial charge in [-0.15, -0.1) is 0 Å². The first-order valence-corrected chi connectivity index (χ1v) is 13.3. The standard InChI is InChI=1S/C28H36N4O4.CH3NO/c1-18(2)24-15-22(6-5-20(24)10-12-36-13-11-29-3)30-16-19-4-7-23-21(14-19)17-32(28(23)35)25-8-9-26(33)31-27(25)34;2-1-3/h4-7,14-15,18,25,29-30H,8-13,16-17H2,1-3H3,(H,31,33,34);1H,(H2,2,3). The second-order valence-electron chi connectivity index (χ2n) is 9.92. The zero-order valence-corrected chi connectivity index (χ0v) is 22.9. The first-order valence-electron chi connectivity index (χ1n) is 13.3. The molecular weight excluding hydrogens is 498 g/mol. The first kappa shape index (κ1) is 29.8. The Morgan fingerprint density at radius 1 is 1.15 bits per heavy atom. The van der Waals surface area contributed by atoms with Crippen molar-refractivity contribution in [1.82, 2.24) is 15.5 Å². The molecule has 210 valence electrons. The van der Waals surface area contributed by atoms with E-state index in [9.17, 15) is 14.4 Å². The number of nitrogens with zero attached hydrogens (tertiary/aromatic N) is 1. The predicted octanol–water partition coefficient (Wildman–Crippen LogP) is 2.06. The number of hydrogen-bond acceptors (Lipinski definition) is 7. The molecule has 0 saturated carbocycles. The van der Waals surface area contributed by atoms with Gasteiger partial charge in [-0.25, -0.2) is 0 Å². The van der Waals surface area contributed by atoms with Crippen LogP contribution in [0.5, 0.6) is 0 Å². The minimum absolute atomic E-state index is 0.147. The third-order valence-corrected chi connectivity index (χ3v) is 6.86. The monoisotopic (exact) mass is 537 g/mol. The highest BCUT2D eigenvalue weighted by Gasteiger charge is 2.39. The van der Waals surface area contributed by atoms with Crippen molar-refractivity contribution in [3.8, 4) is 0 Å². The van der Waals surface area contributed by atoms with Crippen LogP contribution in [0.2, 0.25) is 0 Å². The van der Waals surface area contributed by atoms with E-state index in [1.807, 2.05) is 25.2 Å². The van der Waals surface area contributed by atoms with E-state index >= 15 is 0 Å². The lowest BCUT2D eigenvalue weighted by Crippen LogP contribution is -2.52. The zero-order chi connectivity index (χ0) is 28.4. The molecule has 10 nitrogen and oxygen atoms in total. The number of benzene rings is 2. The van der Waals surface area contributed by atoms with Crippen LogP contribution in [0.3, 0.4) is 0 Å². The Kier molecular flexibility index (Phi) is 11.0. The van der Waals surface area contributed by atoms with Crippen molar-refractivity contribution < 1.29 is 23.9 Å². The number of amides is 4. The molecule has 1 unspecified atom stereocenters. The minimum atomic E-state index is -0.592. The maximum absolute atomic E-state index is 12.9. The second kappa shape index (κ2) is 14.4. The average molecular weight is 538 g/mol. The van der Waals surface area contributed by atoms with E-state index in [1.54, 1.807) is 4.90 Å². The number of likely N-dealkylation sites (N-methyl/N-ethyl adjacent to an activating group) is 1. The van der Waals surface area contributed by atoms with Crippen LogP contribution in [0, 0.1) is 0 Å². The van der Waals surface area contributed by atoms with E-state index in [-0.39, 0.29) is 30.6 Å². The fourth-order valence-corrected chi connectivity index (χ4v) is 4.87. The van der Waals surface area contributed by atoms with E-state index in [0.29, 0.717) is 44.2 Å². The van der Waals surface area contributed by atoms with Gasteiger partial charge in [-0.2, -0.15) is 0 Å². The summed E-state index contributed by atoms with van der Waals surface area (Å²) in [4.78, 5) is 46.8. The molecule has 1 saturated heterocycles. The van der Waals surface area contributed by atoms with Crippen LogP contribution >= 0.6 is 0 Å². The molecule has 1 atom stereocenters. The predicted molar refractivity (Wildman–Crippen MR) is 149 cm³/mol. The number of hydrogen-bond donors (Lipinski definition) is 4. The van der Waals surface area contributed by atoms with E-state index in [2.05, 4.69) is 53.7 Å². The quantitative estimate of drug-likeness (QED) is 0.195. The van der Waals surface area contributed by atoms with Crippen LogP contribution < -0.4 is 21.7 Å². The Morgan fingerprint density at radius 2 is 1.92 bits per heavy atom. The number of fused-ring (bicyclic) bond motifs is 1. The summed E-state index contributed by atoms with van der Waals surface area (Å²) in [6.07, 6.45) is 1.77. The molecule has 0 bridgehead atoms. The molecule has 2 aliphatic heterocycles. The summed E-state index contributed by atoms with van der Waals surface area (Å²) < 4.78 is 5.71. The van der Waals surface area contributed by atoms with Crippen molar-refractivity contribution in [2.75, 3.05) is 32.1 Å². The van der Waals surface area contributed by atoms with Gasteiger partial charge < -0.3 is 26.0 Å². The normalized spacial score (nSPS) is 16.5. The molecular formula is C29H39N5O5. The van der Waals surface area contributed by atoms with Crippen molar-refractivity contribution in [1.29, 1.82) is 0 Å². The topological polar surface area (TPSA) is 143 Å². The summed E-state index contributed by atoms with van der Waals surface area (Å²) in [5.41, 5.74) is 10.5. The van der Waals surface area contributed by atoms with Gasteiger partial charge in [-0.05, 0) is 66.3 Å². The van der Waals surface area contributed by atoms with E-state index in [0.717, 1.165) is 29.8 Å². The van der Waals surface area contributed by atoms with Gasteiger partial charge >= 0.3 is 0 Å². The zero-order valence-electron chi connectivity index (χ0n) is 22.9. The van der Waals surface area contributed by atoms with Crippen molar-refractivity contribution in [2.45, 2.75) is 58.2 Å². The molecule has 0 radical (unpaired) electrons. The molecule has 0 aliphatic carbocycles. The number of piperidine rings is 1. The molecule has 10 heteroatoms. The summed E-state index contributed by atoms with van der Waals surface area (Å²) in [6.45, 7) is 7.70. The van der Waals surface area contributed by atoms with E-state index in [1.165, 1.54) is 11.1 Å². The number of nitrogens with one attached hydrogen (secondary N) is 3. The Morgan fingerprint density at radius 3 is 2.62 bits per heavy atom. The lowest BCUT2D eigenvalue weighted by molar-refractivity contribution is -0.136. The third kappa shape index (κ3) is 7.87. The Hall–Kier alpha value is -3.76. The van der Waals surface area contributed by atoms with Crippen LogP contribution in [0.1, 0.15) is 65.2 Å². The number of primary amides is 1. The molecule has 2 aromatic rings.